The fraction of sp³-hybridized carbons (Fsp3) is 0.190. The van der Waals surface area contributed by atoms with Crippen LogP contribution >= 0.6 is 35.2 Å². The molecular formula is C21H20ClN3O3S2. The van der Waals surface area contributed by atoms with Crippen molar-refractivity contribution in [3.05, 3.63) is 64.0 Å². The van der Waals surface area contributed by atoms with E-state index >= 15 is 0 Å². The molecule has 0 spiro atoms. The number of hydrogen-bond acceptors (Lipinski definition) is 5. The van der Waals surface area contributed by atoms with E-state index in [-0.39, 0.29) is 11.0 Å². The van der Waals surface area contributed by atoms with Gasteiger partial charge in [0.2, 0.25) is 0 Å². The maximum absolute atomic E-state index is 12.7. The second-order valence-corrected chi connectivity index (χ2v) is 8.14. The van der Waals surface area contributed by atoms with E-state index in [2.05, 4.69) is 16.0 Å². The van der Waals surface area contributed by atoms with Crippen LogP contribution in [0.2, 0.25) is 5.02 Å². The van der Waals surface area contributed by atoms with E-state index in [4.69, 9.17) is 28.6 Å². The van der Waals surface area contributed by atoms with E-state index in [9.17, 15) is 9.59 Å². The number of benzene rings is 2. The Morgan fingerprint density at radius 1 is 1.10 bits per heavy atom. The summed E-state index contributed by atoms with van der Waals surface area (Å²) >= 11 is 12.9. The molecule has 1 aromatic heterocycles. The molecule has 3 aromatic rings. The van der Waals surface area contributed by atoms with Crippen LogP contribution in [0, 0.1) is 0 Å². The molecule has 6 nitrogen and oxygen atoms in total. The van der Waals surface area contributed by atoms with Gasteiger partial charge in [-0.2, -0.15) is 0 Å². The van der Waals surface area contributed by atoms with Gasteiger partial charge in [-0.05, 0) is 36.8 Å². The highest BCUT2D eigenvalue weighted by Crippen LogP contribution is 2.35. The Hall–Kier alpha value is -2.52. The summed E-state index contributed by atoms with van der Waals surface area (Å²) < 4.78 is 5.90. The number of rotatable bonds is 7. The van der Waals surface area contributed by atoms with Gasteiger partial charge in [0.1, 0.15) is 4.88 Å². The van der Waals surface area contributed by atoms with Gasteiger partial charge in [-0.25, -0.2) is 0 Å². The summed E-state index contributed by atoms with van der Waals surface area (Å²) in [5.41, 5.74) is 0.917. The van der Waals surface area contributed by atoms with Crippen molar-refractivity contribution in [2.45, 2.75) is 6.42 Å². The fourth-order valence-electron chi connectivity index (χ4n) is 2.78. The molecule has 0 fully saturated rings. The fourth-order valence-corrected chi connectivity index (χ4v) is 4.39. The third kappa shape index (κ3) is 5.34. The van der Waals surface area contributed by atoms with Crippen molar-refractivity contribution in [1.29, 1.82) is 0 Å². The number of thiocarbonyl (C=S) groups is 1. The first-order valence-corrected chi connectivity index (χ1v) is 10.8. The quantitative estimate of drug-likeness (QED) is 0.358. The third-order valence-electron chi connectivity index (χ3n) is 4.20. The summed E-state index contributed by atoms with van der Waals surface area (Å²) in [5.74, 6) is -0.643. The van der Waals surface area contributed by atoms with Crippen LogP contribution in [0.3, 0.4) is 0 Å². The number of anilines is 1. The minimum absolute atomic E-state index is 0.0770. The first-order valence-electron chi connectivity index (χ1n) is 9.16. The second kappa shape index (κ2) is 10.5. The van der Waals surface area contributed by atoms with E-state index < -0.39 is 5.91 Å². The molecular weight excluding hydrogens is 442 g/mol. The molecule has 0 aliphatic heterocycles. The Bertz CT molecular complexity index is 1080. The number of thiophene rings is 1. The van der Waals surface area contributed by atoms with Gasteiger partial charge in [0.15, 0.2) is 5.11 Å². The summed E-state index contributed by atoms with van der Waals surface area (Å²) in [6.07, 6.45) is 0.711. The van der Waals surface area contributed by atoms with Crippen LogP contribution in [0.1, 0.15) is 26.5 Å². The number of para-hydroxylation sites is 1. The highest BCUT2D eigenvalue weighted by atomic mass is 35.5. The van der Waals surface area contributed by atoms with Crippen LogP contribution < -0.4 is 16.0 Å². The lowest BCUT2D eigenvalue weighted by Gasteiger charge is -2.13. The average molecular weight is 462 g/mol. The van der Waals surface area contributed by atoms with E-state index in [1.54, 1.807) is 31.4 Å². The van der Waals surface area contributed by atoms with Crippen LogP contribution in [0.15, 0.2) is 48.5 Å². The number of amides is 2. The summed E-state index contributed by atoms with van der Waals surface area (Å²) in [6, 6.07) is 14.5. The molecule has 3 rings (SSSR count). The molecule has 1 heterocycles. The van der Waals surface area contributed by atoms with Gasteiger partial charge in [0, 0.05) is 30.3 Å². The molecule has 30 heavy (non-hydrogen) atoms. The van der Waals surface area contributed by atoms with Gasteiger partial charge < -0.3 is 15.4 Å². The number of fused-ring (bicyclic) bond motifs is 1. The maximum Gasteiger partial charge on any atom is 0.269 e. The van der Waals surface area contributed by atoms with E-state index in [0.29, 0.717) is 40.7 Å². The zero-order chi connectivity index (χ0) is 21.5. The SMILES string of the molecule is COCCCNC(=O)c1ccccc1NC(=S)NC(=O)c1sc2ccccc2c1Cl. The number of nitrogens with one attached hydrogen (secondary N) is 3. The zero-order valence-electron chi connectivity index (χ0n) is 16.2. The topological polar surface area (TPSA) is 79.5 Å². The molecule has 0 bridgehead atoms. The highest BCUT2D eigenvalue weighted by Gasteiger charge is 2.18. The van der Waals surface area contributed by atoms with Crippen LogP contribution in [0.4, 0.5) is 5.69 Å². The summed E-state index contributed by atoms with van der Waals surface area (Å²) in [4.78, 5) is 25.5. The number of ether oxygens (including phenoxy) is 1. The van der Waals surface area contributed by atoms with Crippen LogP contribution in [-0.4, -0.2) is 37.2 Å². The maximum atomic E-state index is 12.7. The Morgan fingerprint density at radius 2 is 1.83 bits per heavy atom. The molecule has 2 amide bonds. The Labute approximate surface area is 188 Å². The molecule has 0 radical (unpaired) electrons. The minimum Gasteiger partial charge on any atom is -0.385 e. The number of halogens is 1. The molecule has 156 valence electrons. The molecule has 0 saturated heterocycles. The predicted octanol–water partition coefficient (Wildman–Crippen LogP) is 4.45. The van der Waals surface area contributed by atoms with Crippen molar-refractivity contribution < 1.29 is 14.3 Å². The smallest absolute Gasteiger partial charge is 0.269 e. The third-order valence-corrected chi connectivity index (χ3v) is 6.08. The molecule has 0 aliphatic carbocycles. The standard InChI is InChI=1S/C21H20ClN3O3S2/c1-28-12-6-11-23-19(26)13-7-2-4-9-15(13)24-21(29)25-20(27)18-17(22)14-8-3-5-10-16(14)30-18/h2-5,7-10H,6,11-12H2,1H3,(H,23,26)(H2,24,25,27,29). The minimum atomic E-state index is -0.403. The first-order chi connectivity index (χ1) is 14.5. The monoisotopic (exact) mass is 461 g/mol. The molecule has 0 aliphatic rings. The molecule has 3 N–H and O–H groups in total. The average Bonchev–Trinajstić information content (AvgIpc) is 3.08. The summed E-state index contributed by atoms with van der Waals surface area (Å²) in [7, 11) is 1.61. The lowest BCUT2D eigenvalue weighted by molar-refractivity contribution is 0.0948. The zero-order valence-corrected chi connectivity index (χ0v) is 18.5. The van der Waals surface area contributed by atoms with E-state index in [1.807, 2.05) is 24.3 Å². The molecule has 0 unspecified atom stereocenters. The van der Waals surface area contributed by atoms with Crippen LogP contribution in [0.25, 0.3) is 10.1 Å². The lowest BCUT2D eigenvalue weighted by atomic mass is 10.1. The normalized spacial score (nSPS) is 10.6. The number of hydrogen-bond donors (Lipinski definition) is 3. The van der Waals surface area contributed by atoms with E-state index in [0.717, 1.165) is 10.1 Å². The van der Waals surface area contributed by atoms with Crippen molar-refractivity contribution in [1.82, 2.24) is 10.6 Å². The molecule has 2 aromatic carbocycles. The Morgan fingerprint density at radius 3 is 2.60 bits per heavy atom. The van der Waals surface area contributed by atoms with Crippen molar-refractivity contribution in [3.8, 4) is 0 Å². The van der Waals surface area contributed by atoms with Crippen molar-refractivity contribution in [2.24, 2.45) is 0 Å². The van der Waals surface area contributed by atoms with Crippen LogP contribution in [-0.2, 0) is 4.74 Å². The van der Waals surface area contributed by atoms with Crippen LogP contribution in [0.5, 0.6) is 0 Å². The predicted molar refractivity (Wildman–Crippen MR) is 126 cm³/mol. The van der Waals surface area contributed by atoms with Gasteiger partial charge in [-0.15, -0.1) is 11.3 Å². The Balaban J connectivity index is 1.66. The van der Waals surface area contributed by atoms with Crippen molar-refractivity contribution in [2.75, 3.05) is 25.6 Å². The van der Waals surface area contributed by atoms with Gasteiger partial charge in [0.25, 0.3) is 11.8 Å². The van der Waals surface area contributed by atoms with Gasteiger partial charge in [0.05, 0.1) is 16.3 Å². The molecule has 0 atom stereocenters. The second-order valence-electron chi connectivity index (χ2n) is 6.30. The van der Waals surface area contributed by atoms with E-state index in [1.165, 1.54) is 11.3 Å². The van der Waals surface area contributed by atoms with Crippen molar-refractivity contribution in [3.63, 3.8) is 0 Å². The summed E-state index contributed by atoms with van der Waals surface area (Å²) in [5, 5.41) is 9.68. The number of carbonyl (C=O) groups excluding carboxylic acids is 2. The van der Waals surface area contributed by atoms with Gasteiger partial charge >= 0.3 is 0 Å². The Kier molecular flexibility index (Phi) is 7.75. The van der Waals surface area contributed by atoms with Gasteiger partial charge in [-0.3, -0.25) is 14.9 Å². The number of carbonyl (C=O) groups is 2. The highest BCUT2D eigenvalue weighted by molar-refractivity contribution is 7.80. The summed E-state index contributed by atoms with van der Waals surface area (Å²) in [6.45, 7) is 1.06. The van der Waals surface area contributed by atoms with Crippen molar-refractivity contribution >= 4 is 67.9 Å². The number of methoxy groups -OCH3 is 1. The van der Waals surface area contributed by atoms with Gasteiger partial charge in [-0.1, -0.05) is 41.9 Å². The largest absolute Gasteiger partial charge is 0.385 e. The molecule has 0 saturated carbocycles. The first kappa shape index (κ1) is 22.2. The molecule has 9 heteroatoms. The lowest BCUT2D eigenvalue weighted by Crippen LogP contribution is -2.34.